The van der Waals surface area contributed by atoms with E-state index in [1.165, 1.54) is 0 Å². The predicted molar refractivity (Wildman–Crippen MR) is 76.9 cm³/mol. The van der Waals surface area contributed by atoms with E-state index in [0.717, 1.165) is 0 Å². The first-order valence-electron chi connectivity index (χ1n) is 6.55. The Morgan fingerprint density at radius 1 is 1.19 bits per heavy atom. The third-order valence-corrected chi connectivity index (χ3v) is 1.96. The lowest BCUT2D eigenvalue weighted by Gasteiger charge is -2.23. The smallest absolute Gasteiger partial charge is 0.408 e. The molecule has 0 radical (unpaired) electrons. The molecular formula is C13H26N2O6. The van der Waals surface area contributed by atoms with Crippen molar-refractivity contribution in [2.75, 3.05) is 6.54 Å². The van der Waals surface area contributed by atoms with Crippen LogP contribution in [0.25, 0.3) is 0 Å². The first kappa shape index (κ1) is 21.5. The Bertz CT molecular complexity index is 349. The van der Waals surface area contributed by atoms with Crippen molar-refractivity contribution in [2.24, 2.45) is 11.7 Å². The van der Waals surface area contributed by atoms with Gasteiger partial charge in [-0.25, -0.2) is 9.59 Å². The fourth-order valence-corrected chi connectivity index (χ4v) is 1.07. The van der Waals surface area contributed by atoms with E-state index in [0.29, 0.717) is 0 Å². The zero-order valence-corrected chi connectivity index (χ0v) is 13.2. The van der Waals surface area contributed by atoms with Gasteiger partial charge in [-0.05, 0) is 26.7 Å². The molecule has 0 rings (SSSR count). The quantitative estimate of drug-likeness (QED) is 0.595. The zero-order chi connectivity index (χ0) is 17.2. The molecule has 0 aromatic carbocycles. The molecule has 1 atom stereocenters. The van der Waals surface area contributed by atoms with Gasteiger partial charge in [0.1, 0.15) is 11.6 Å². The normalized spacial score (nSPS) is 12.0. The summed E-state index contributed by atoms with van der Waals surface area (Å²) in [5, 5.41) is 19.0. The van der Waals surface area contributed by atoms with Gasteiger partial charge in [-0.15, -0.1) is 0 Å². The Kier molecular flexibility index (Phi) is 10.2. The maximum absolute atomic E-state index is 11.3. The molecule has 0 fully saturated rings. The van der Waals surface area contributed by atoms with E-state index in [-0.39, 0.29) is 18.9 Å². The summed E-state index contributed by atoms with van der Waals surface area (Å²) in [6, 6.07) is -0.917. The number of carboxylic acids is 2. The van der Waals surface area contributed by atoms with E-state index in [1.807, 2.05) is 0 Å². The van der Waals surface area contributed by atoms with Crippen LogP contribution >= 0.6 is 0 Å². The summed E-state index contributed by atoms with van der Waals surface area (Å²) >= 11 is 0. The van der Waals surface area contributed by atoms with Crippen LogP contribution in [-0.4, -0.2) is 46.4 Å². The molecule has 8 heteroatoms. The van der Waals surface area contributed by atoms with Crippen LogP contribution in [0.1, 0.15) is 41.0 Å². The van der Waals surface area contributed by atoms with E-state index in [1.54, 1.807) is 34.6 Å². The highest BCUT2D eigenvalue weighted by Crippen LogP contribution is 2.08. The number of carbonyl (C=O) groups is 3. The van der Waals surface area contributed by atoms with Crippen molar-refractivity contribution in [1.82, 2.24) is 5.32 Å². The van der Waals surface area contributed by atoms with E-state index in [9.17, 15) is 14.4 Å². The Balaban J connectivity index is 0. The monoisotopic (exact) mass is 306 g/mol. The number of amides is 1. The summed E-state index contributed by atoms with van der Waals surface area (Å²) in [5.74, 6) is -2.08. The van der Waals surface area contributed by atoms with Crippen LogP contribution in [-0.2, 0) is 14.3 Å². The molecule has 0 aromatic rings. The summed E-state index contributed by atoms with van der Waals surface area (Å²) < 4.78 is 4.96. The Labute approximate surface area is 124 Å². The lowest BCUT2D eigenvalue weighted by Crippen LogP contribution is -2.46. The van der Waals surface area contributed by atoms with E-state index in [4.69, 9.17) is 20.7 Å². The fraction of sp³-hybridized carbons (Fsp3) is 0.769. The van der Waals surface area contributed by atoms with Crippen molar-refractivity contribution < 1.29 is 29.3 Å². The minimum absolute atomic E-state index is 0.0694. The highest BCUT2D eigenvalue weighted by Gasteiger charge is 2.26. The molecule has 0 bridgehead atoms. The number of carboxylic acid groups (broad SMARTS) is 2. The molecule has 0 unspecified atom stereocenters. The zero-order valence-electron chi connectivity index (χ0n) is 13.2. The van der Waals surface area contributed by atoms with Crippen molar-refractivity contribution >= 4 is 18.0 Å². The van der Waals surface area contributed by atoms with Gasteiger partial charge in [0.05, 0.1) is 6.42 Å². The van der Waals surface area contributed by atoms with Gasteiger partial charge in [0.2, 0.25) is 0 Å². The topological polar surface area (TPSA) is 139 Å². The van der Waals surface area contributed by atoms with Crippen molar-refractivity contribution in [3.63, 3.8) is 0 Å². The van der Waals surface area contributed by atoms with Crippen LogP contribution in [0.5, 0.6) is 0 Å². The molecule has 1 amide bonds. The molecule has 8 nitrogen and oxygen atoms in total. The Morgan fingerprint density at radius 3 is 1.86 bits per heavy atom. The number of nitrogens with one attached hydrogen (secondary N) is 1. The minimum atomic E-state index is -1.06. The summed E-state index contributed by atoms with van der Waals surface area (Å²) in [5.41, 5.74) is 4.23. The van der Waals surface area contributed by atoms with Crippen molar-refractivity contribution in [3.05, 3.63) is 0 Å². The fourth-order valence-electron chi connectivity index (χ4n) is 1.07. The number of carbonyl (C=O) groups excluding carboxylic acids is 1. The van der Waals surface area contributed by atoms with Gasteiger partial charge in [-0.3, -0.25) is 4.79 Å². The molecule has 124 valence electrons. The SMILES string of the molecule is CC(C)[C@H](NC(=O)OC(C)(C)C)C(=O)O.NCCC(=O)O. The third-order valence-electron chi connectivity index (χ3n) is 1.96. The molecule has 0 aliphatic rings. The van der Waals surface area contributed by atoms with Crippen molar-refractivity contribution in [2.45, 2.75) is 52.7 Å². The van der Waals surface area contributed by atoms with E-state index in [2.05, 4.69) is 5.32 Å². The molecule has 0 aromatic heterocycles. The van der Waals surface area contributed by atoms with Gasteiger partial charge in [0, 0.05) is 6.54 Å². The number of ether oxygens (including phenoxy) is 1. The van der Waals surface area contributed by atoms with Crippen LogP contribution in [0, 0.1) is 5.92 Å². The number of aliphatic carboxylic acids is 2. The Morgan fingerprint density at radius 2 is 1.67 bits per heavy atom. The summed E-state index contributed by atoms with van der Waals surface area (Å²) in [6.45, 7) is 8.83. The molecule has 5 N–H and O–H groups in total. The molecular weight excluding hydrogens is 280 g/mol. The number of rotatable bonds is 5. The van der Waals surface area contributed by atoms with Crippen LogP contribution < -0.4 is 11.1 Å². The second-order valence-corrected chi connectivity index (χ2v) is 5.64. The van der Waals surface area contributed by atoms with Crippen molar-refractivity contribution in [3.8, 4) is 0 Å². The standard InChI is InChI=1S/C10H19NO4.C3H7NO2/c1-6(2)7(8(12)13)11-9(14)15-10(3,4)5;4-2-1-3(5)6/h6-7H,1-5H3,(H,11,14)(H,12,13);1-2,4H2,(H,5,6)/t7-;/m0./s1. The lowest BCUT2D eigenvalue weighted by molar-refractivity contribution is -0.140. The first-order valence-corrected chi connectivity index (χ1v) is 6.55. The largest absolute Gasteiger partial charge is 0.481 e. The first-order chi connectivity index (χ1) is 9.40. The average Bonchev–Trinajstić information content (AvgIpc) is 2.23. The van der Waals surface area contributed by atoms with Gasteiger partial charge >= 0.3 is 18.0 Å². The number of hydrogen-bond donors (Lipinski definition) is 4. The maximum atomic E-state index is 11.3. The highest BCUT2D eigenvalue weighted by atomic mass is 16.6. The summed E-state index contributed by atoms with van der Waals surface area (Å²) in [6.07, 6.45) is -0.636. The van der Waals surface area contributed by atoms with E-state index < -0.39 is 29.7 Å². The third kappa shape index (κ3) is 14.4. The van der Waals surface area contributed by atoms with Gasteiger partial charge in [-0.1, -0.05) is 13.8 Å². The van der Waals surface area contributed by atoms with Gasteiger partial charge in [0.15, 0.2) is 0 Å². The summed E-state index contributed by atoms with van der Waals surface area (Å²) in [4.78, 5) is 31.6. The molecule has 0 heterocycles. The Hall–Kier alpha value is -1.83. The predicted octanol–water partition coefficient (Wildman–Crippen LogP) is 1.04. The van der Waals surface area contributed by atoms with Crippen LogP contribution in [0.15, 0.2) is 0 Å². The van der Waals surface area contributed by atoms with Gasteiger partial charge in [0.25, 0.3) is 0 Å². The number of hydrogen-bond acceptors (Lipinski definition) is 5. The molecule has 0 saturated heterocycles. The number of alkyl carbamates (subject to hydrolysis) is 1. The number of nitrogens with two attached hydrogens (primary N) is 1. The average molecular weight is 306 g/mol. The van der Waals surface area contributed by atoms with E-state index >= 15 is 0 Å². The second kappa shape index (κ2) is 9.98. The van der Waals surface area contributed by atoms with Crippen LogP contribution in [0.3, 0.4) is 0 Å². The minimum Gasteiger partial charge on any atom is -0.481 e. The molecule has 0 aliphatic heterocycles. The second-order valence-electron chi connectivity index (χ2n) is 5.64. The molecule has 0 saturated carbocycles. The van der Waals surface area contributed by atoms with Gasteiger partial charge < -0.3 is 26.0 Å². The van der Waals surface area contributed by atoms with Gasteiger partial charge in [-0.2, -0.15) is 0 Å². The summed E-state index contributed by atoms with van der Waals surface area (Å²) in [7, 11) is 0. The van der Waals surface area contributed by atoms with Crippen LogP contribution in [0.4, 0.5) is 4.79 Å². The van der Waals surface area contributed by atoms with Crippen molar-refractivity contribution in [1.29, 1.82) is 0 Å². The molecule has 0 aliphatic carbocycles. The molecule has 21 heavy (non-hydrogen) atoms. The molecule has 0 spiro atoms. The highest BCUT2D eigenvalue weighted by molar-refractivity contribution is 5.80. The maximum Gasteiger partial charge on any atom is 0.408 e. The van der Waals surface area contributed by atoms with Crippen LogP contribution in [0.2, 0.25) is 0 Å². The lowest BCUT2D eigenvalue weighted by atomic mass is 10.1.